The van der Waals surface area contributed by atoms with Crippen LogP contribution in [0, 0.1) is 0 Å². The molecule has 1 unspecified atom stereocenters. The van der Waals surface area contributed by atoms with E-state index >= 15 is 0 Å². The van der Waals surface area contributed by atoms with Crippen LogP contribution in [0.3, 0.4) is 0 Å². The summed E-state index contributed by atoms with van der Waals surface area (Å²) in [5.41, 5.74) is -0.208. The Balaban J connectivity index is 2.48. The second kappa shape index (κ2) is 5.42. The summed E-state index contributed by atoms with van der Waals surface area (Å²) >= 11 is 0. The molecule has 1 aromatic rings. The van der Waals surface area contributed by atoms with Crippen molar-refractivity contribution in [1.82, 2.24) is 15.3 Å². The maximum atomic E-state index is 13.0. The average molecular weight is 275 g/mol. The molecule has 1 N–H and O–H groups in total. The van der Waals surface area contributed by atoms with E-state index in [1.807, 2.05) is 0 Å². The summed E-state index contributed by atoms with van der Waals surface area (Å²) in [7, 11) is 0. The third-order valence-corrected chi connectivity index (χ3v) is 3.00. The molecule has 0 radical (unpaired) electrons. The molecule has 4 nitrogen and oxygen atoms in total. The van der Waals surface area contributed by atoms with E-state index in [-0.39, 0.29) is 17.9 Å². The summed E-state index contributed by atoms with van der Waals surface area (Å²) in [4.78, 5) is 7.90. The highest BCUT2D eigenvalue weighted by Gasteiger charge is 2.38. The summed E-state index contributed by atoms with van der Waals surface area (Å²) in [6.45, 7) is 4.64. The number of aromatic nitrogens is 2. The quantitative estimate of drug-likeness (QED) is 0.919. The summed E-state index contributed by atoms with van der Waals surface area (Å²) in [5, 5.41) is 2.92. The number of fused-ring (bicyclic) bond motifs is 1. The topological polar surface area (TPSA) is 47.0 Å². The van der Waals surface area contributed by atoms with Gasteiger partial charge in [0.25, 0.3) is 0 Å². The first-order valence-electron chi connectivity index (χ1n) is 6.22. The van der Waals surface area contributed by atoms with E-state index in [1.165, 1.54) is 0 Å². The lowest BCUT2D eigenvalue weighted by molar-refractivity contribution is -0.142. The fourth-order valence-corrected chi connectivity index (χ4v) is 2.10. The zero-order valence-electron chi connectivity index (χ0n) is 10.8. The van der Waals surface area contributed by atoms with Crippen LogP contribution in [-0.2, 0) is 23.9 Å². The van der Waals surface area contributed by atoms with Crippen molar-refractivity contribution in [1.29, 1.82) is 0 Å². The van der Waals surface area contributed by atoms with E-state index in [9.17, 15) is 13.2 Å². The molecular weight excluding hydrogens is 259 g/mol. The fourth-order valence-electron chi connectivity index (χ4n) is 2.10. The third-order valence-electron chi connectivity index (χ3n) is 3.00. The number of alkyl halides is 3. The molecule has 0 amide bonds. The van der Waals surface area contributed by atoms with Gasteiger partial charge in [-0.25, -0.2) is 9.97 Å². The van der Waals surface area contributed by atoms with Gasteiger partial charge in [0, 0.05) is 31.7 Å². The Morgan fingerprint density at radius 1 is 1.37 bits per heavy atom. The maximum absolute atomic E-state index is 13.0. The summed E-state index contributed by atoms with van der Waals surface area (Å²) in [5.74, 6) is 0.106. The van der Waals surface area contributed by atoms with Gasteiger partial charge in [-0.1, -0.05) is 0 Å². The molecule has 2 rings (SSSR count). The second-order valence-corrected chi connectivity index (χ2v) is 4.38. The summed E-state index contributed by atoms with van der Waals surface area (Å²) < 4.78 is 44.4. The van der Waals surface area contributed by atoms with Gasteiger partial charge in [0.1, 0.15) is 6.10 Å². The molecule has 1 aliphatic heterocycles. The SMILES string of the molecule is CCOC(C)c1nc2c(c(C(F)(F)F)n1)CNCC2. The number of hydrogen-bond donors (Lipinski definition) is 1. The van der Waals surface area contributed by atoms with Gasteiger partial charge in [0.15, 0.2) is 11.5 Å². The van der Waals surface area contributed by atoms with Crippen molar-refractivity contribution in [2.45, 2.75) is 39.1 Å². The van der Waals surface area contributed by atoms with Crippen molar-refractivity contribution in [3.05, 3.63) is 22.8 Å². The molecule has 0 aromatic carbocycles. The third kappa shape index (κ3) is 3.03. The molecule has 0 aliphatic carbocycles. The first kappa shape index (κ1) is 14.2. The van der Waals surface area contributed by atoms with E-state index in [2.05, 4.69) is 15.3 Å². The molecule has 0 bridgehead atoms. The van der Waals surface area contributed by atoms with Gasteiger partial charge in [0.05, 0.1) is 5.69 Å². The van der Waals surface area contributed by atoms with Crippen molar-refractivity contribution in [2.24, 2.45) is 0 Å². The highest BCUT2D eigenvalue weighted by atomic mass is 19.4. The zero-order chi connectivity index (χ0) is 14.0. The van der Waals surface area contributed by atoms with Crippen LogP contribution in [0.1, 0.15) is 42.7 Å². The van der Waals surface area contributed by atoms with Gasteiger partial charge in [0.2, 0.25) is 0 Å². The normalized spacial score (nSPS) is 17.1. The predicted molar refractivity (Wildman–Crippen MR) is 62.5 cm³/mol. The molecule has 0 saturated carbocycles. The standard InChI is InChI=1S/C12H16F3N3O/c1-3-19-7(2)11-17-9-4-5-16-6-8(9)10(18-11)12(13,14)15/h7,16H,3-6H2,1-2H3. The van der Waals surface area contributed by atoms with Crippen molar-refractivity contribution in [3.63, 3.8) is 0 Å². The maximum Gasteiger partial charge on any atom is 0.433 e. The smallest absolute Gasteiger partial charge is 0.371 e. The second-order valence-electron chi connectivity index (χ2n) is 4.38. The molecule has 19 heavy (non-hydrogen) atoms. The minimum Gasteiger partial charge on any atom is -0.371 e. The molecule has 0 fully saturated rings. The molecule has 1 aromatic heterocycles. The Hall–Kier alpha value is -1.21. The van der Waals surface area contributed by atoms with Crippen LogP contribution in [0.15, 0.2) is 0 Å². The number of halogens is 3. The lowest BCUT2D eigenvalue weighted by Crippen LogP contribution is -2.30. The lowest BCUT2D eigenvalue weighted by atomic mass is 10.0. The number of nitrogens with zero attached hydrogens (tertiary/aromatic N) is 2. The van der Waals surface area contributed by atoms with Crippen molar-refractivity contribution < 1.29 is 17.9 Å². The van der Waals surface area contributed by atoms with Crippen LogP contribution in [0.25, 0.3) is 0 Å². The molecular formula is C12H16F3N3O. The van der Waals surface area contributed by atoms with Gasteiger partial charge in [-0.2, -0.15) is 13.2 Å². The van der Waals surface area contributed by atoms with E-state index in [1.54, 1.807) is 13.8 Å². The number of rotatable bonds is 3. The minimum absolute atomic E-state index is 0.106. The highest BCUT2D eigenvalue weighted by Crippen LogP contribution is 2.33. The van der Waals surface area contributed by atoms with Crippen molar-refractivity contribution >= 4 is 0 Å². The molecule has 7 heteroatoms. The van der Waals surface area contributed by atoms with Gasteiger partial charge in [-0.05, 0) is 13.8 Å². The van der Waals surface area contributed by atoms with E-state index in [0.29, 0.717) is 25.3 Å². The molecule has 0 saturated heterocycles. The Labute approximate surface area is 109 Å². The summed E-state index contributed by atoms with van der Waals surface area (Å²) in [6, 6.07) is 0. The van der Waals surface area contributed by atoms with Crippen LogP contribution >= 0.6 is 0 Å². The molecule has 0 spiro atoms. The first-order chi connectivity index (χ1) is 8.93. The van der Waals surface area contributed by atoms with Crippen LogP contribution in [0.2, 0.25) is 0 Å². The largest absolute Gasteiger partial charge is 0.433 e. The highest BCUT2D eigenvalue weighted by molar-refractivity contribution is 5.30. The fraction of sp³-hybridized carbons (Fsp3) is 0.667. The number of hydrogen-bond acceptors (Lipinski definition) is 4. The van der Waals surface area contributed by atoms with E-state index in [4.69, 9.17) is 4.74 Å². The molecule has 1 atom stereocenters. The molecule has 1 aliphatic rings. The Kier molecular flexibility index (Phi) is 4.05. The van der Waals surface area contributed by atoms with Crippen molar-refractivity contribution in [3.8, 4) is 0 Å². The zero-order valence-corrected chi connectivity index (χ0v) is 10.8. The van der Waals surface area contributed by atoms with Crippen LogP contribution in [0.5, 0.6) is 0 Å². The lowest BCUT2D eigenvalue weighted by Gasteiger charge is -2.22. The van der Waals surface area contributed by atoms with Gasteiger partial charge < -0.3 is 10.1 Å². The Morgan fingerprint density at radius 2 is 2.11 bits per heavy atom. The van der Waals surface area contributed by atoms with Gasteiger partial charge in [-0.3, -0.25) is 0 Å². The van der Waals surface area contributed by atoms with E-state index < -0.39 is 18.0 Å². The van der Waals surface area contributed by atoms with Crippen LogP contribution in [0.4, 0.5) is 13.2 Å². The Bertz CT molecular complexity index is 462. The molecule has 2 heterocycles. The monoisotopic (exact) mass is 275 g/mol. The minimum atomic E-state index is -4.47. The van der Waals surface area contributed by atoms with Crippen LogP contribution in [-0.4, -0.2) is 23.1 Å². The predicted octanol–water partition coefficient (Wildman–Crippen LogP) is 2.24. The van der Waals surface area contributed by atoms with Gasteiger partial charge in [-0.15, -0.1) is 0 Å². The van der Waals surface area contributed by atoms with Crippen LogP contribution < -0.4 is 5.32 Å². The average Bonchev–Trinajstić information content (AvgIpc) is 2.36. The van der Waals surface area contributed by atoms with Gasteiger partial charge >= 0.3 is 6.18 Å². The van der Waals surface area contributed by atoms with Crippen molar-refractivity contribution in [2.75, 3.05) is 13.2 Å². The first-order valence-corrected chi connectivity index (χ1v) is 6.22. The number of nitrogens with one attached hydrogen (secondary N) is 1. The summed E-state index contributed by atoms with van der Waals surface area (Å²) in [6.07, 6.45) is -4.52. The molecule has 106 valence electrons. The Morgan fingerprint density at radius 3 is 2.74 bits per heavy atom. The number of ether oxygens (including phenoxy) is 1. The van der Waals surface area contributed by atoms with E-state index in [0.717, 1.165) is 0 Å².